The molecule has 1 fully saturated rings. The van der Waals surface area contributed by atoms with Gasteiger partial charge in [-0.3, -0.25) is 0 Å². The van der Waals surface area contributed by atoms with Crippen molar-refractivity contribution in [2.45, 2.75) is 25.0 Å². The minimum Gasteiger partial charge on any atom is -0.381 e. The summed E-state index contributed by atoms with van der Waals surface area (Å²) >= 11 is 0. The third-order valence-corrected chi connectivity index (χ3v) is 3.60. The number of ether oxygens (including phenoxy) is 1. The van der Waals surface area contributed by atoms with Gasteiger partial charge in [-0.05, 0) is 25.0 Å². The first kappa shape index (κ1) is 12.2. The smallest absolute Gasteiger partial charge is 0.224 e. The molecule has 19 heavy (non-hydrogen) atoms. The summed E-state index contributed by atoms with van der Waals surface area (Å²) in [4.78, 5) is 8.97. The fourth-order valence-electron chi connectivity index (χ4n) is 2.37. The Labute approximate surface area is 112 Å². The van der Waals surface area contributed by atoms with Gasteiger partial charge in [-0.2, -0.15) is 4.98 Å². The van der Waals surface area contributed by atoms with Crippen molar-refractivity contribution in [2.24, 2.45) is 0 Å². The molecular formula is C14H18N4O. The van der Waals surface area contributed by atoms with Gasteiger partial charge >= 0.3 is 0 Å². The fraction of sp³-hybridized carbons (Fsp3) is 0.429. The molecule has 0 saturated heterocycles. The molecule has 3 rings (SSSR count). The maximum Gasteiger partial charge on any atom is 0.224 e. The summed E-state index contributed by atoms with van der Waals surface area (Å²) in [6, 6.07) is 8.48. The Balaban J connectivity index is 1.89. The number of benzene rings is 1. The van der Waals surface area contributed by atoms with Gasteiger partial charge in [-0.15, -0.1) is 0 Å². The van der Waals surface area contributed by atoms with Gasteiger partial charge in [0.1, 0.15) is 5.82 Å². The second-order valence-electron chi connectivity index (χ2n) is 4.83. The topological polar surface area (TPSA) is 59.1 Å². The molecule has 2 aromatic rings. The highest BCUT2D eigenvalue weighted by Crippen LogP contribution is 2.29. The van der Waals surface area contributed by atoms with E-state index in [1.54, 1.807) is 7.11 Å². The molecule has 0 unspecified atom stereocenters. The number of para-hydroxylation sites is 1. The lowest BCUT2D eigenvalue weighted by Crippen LogP contribution is -2.40. The van der Waals surface area contributed by atoms with Gasteiger partial charge in [-0.25, -0.2) is 4.98 Å². The van der Waals surface area contributed by atoms with Crippen LogP contribution in [0.5, 0.6) is 0 Å². The zero-order chi connectivity index (χ0) is 13.2. The van der Waals surface area contributed by atoms with Crippen LogP contribution in [-0.4, -0.2) is 36.3 Å². The van der Waals surface area contributed by atoms with E-state index in [4.69, 9.17) is 4.74 Å². The molecule has 100 valence electrons. The van der Waals surface area contributed by atoms with Crippen molar-refractivity contribution >= 4 is 22.7 Å². The average molecular weight is 258 g/mol. The van der Waals surface area contributed by atoms with E-state index >= 15 is 0 Å². The van der Waals surface area contributed by atoms with Crippen molar-refractivity contribution in [3.8, 4) is 0 Å². The third kappa shape index (κ3) is 2.33. The molecule has 1 heterocycles. The second kappa shape index (κ2) is 5.01. The molecule has 1 aliphatic rings. The van der Waals surface area contributed by atoms with E-state index in [1.807, 2.05) is 31.3 Å². The van der Waals surface area contributed by atoms with Gasteiger partial charge in [0.05, 0.1) is 11.6 Å². The summed E-state index contributed by atoms with van der Waals surface area (Å²) in [6.45, 7) is 0. The van der Waals surface area contributed by atoms with Crippen molar-refractivity contribution in [1.29, 1.82) is 0 Å². The molecule has 0 radical (unpaired) electrons. The fourth-order valence-corrected chi connectivity index (χ4v) is 2.37. The van der Waals surface area contributed by atoms with Crippen LogP contribution in [0.3, 0.4) is 0 Å². The number of hydrogen-bond donors (Lipinski definition) is 2. The number of nitrogens with zero attached hydrogens (tertiary/aromatic N) is 2. The molecule has 0 aliphatic heterocycles. The first-order valence-electron chi connectivity index (χ1n) is 6.54. The van der Waals surface area contributed by atoms with Crippen LogP contribution in [0, 0.1) is 0 Å². The number of methoxy groups -OCH3 is 1. The molecule has 1 saturated carbocycles. The quantitative estimate of drug-likeness (QED) is 0.881. The van der Waals surface area contributed by atoms with Crippen molar-refractivity contribution < 1.29 is 4.74 Å². The molecule has 5 nitrogen and oxygen atoms in total. The zero-order valence-corrected chi connectivity index (χ0v) is 11.2. The Kier molecular flexibility index (Phi) is 3.21. The predicted molar refractivity (Wildman–Crippen MR) is 76.5 cm³/mol. The lowest BCUT2D eigenvalue weighted by molar-refractivity contribution is 0.0328. The van der Waals surface area contributed by atoms with E-state index < -0.39 is 0 Å². The molecular weight excluding hydrogens is 240 g/mol. The maximum atomic E-state index is 5.30. The summed E-state index contributed by atoms with van der Waals surface area (Å²) < 4.78 is 5.30. The lowest BCUT2D eigenvalue weighted by atomic mass is 9.89. The van der Waals surface area contributed by atoms with Crippen LogP contribution in [0.1, 0.15) is 12.8 Å². The minimum atomic E-state index is 0.384. The highest BCUT2D eigenvalue weighted by atomic mass is 16.5. The summed E-state index contributed by atoms with van der Waals surface area (Å²) in [6.07, 6.45) is 2.45. The number of rotatable bonds is 4. The van der Waals surface area contributed by atoms with Crippen molar-refractivity contribution in [3.63, 3.8) is 0 Å². The van der Waals surface area contributed by atoms with E-state index in [-0.39, 0.29) is 0 Å². The third-order valence-electron chi connectivity index (χ3n) is 3.60. The first-order chi connectivity index (χ1) is 9.30. The maximum absolute atomic E-state index is 5.30. The summed E-state index contributed by atoms with van der Waals surface area (Å²) in [5, 5.41) is 7.55. The van der Waals surface area contributed by atoms with Crippen LogP contribution in [0.25, 0.3) is 10.9 Å². The Morgan fingerprint density at radius 1 is 1.21 bits per heavy atom. The van der Waals surface area contributed by atoms with E-state index in [1.165, 1.54) is 0 Å². The van der Waals surface area contributed by atoms with Gasteiger partial charge < -0.3 is 15.4 Å². The van der Waals surface area contributed by atoms with Crippen LogP contribution < -0.4 is 10.6 Å². The van der Waals surface area contributed by atoms with Crippen molar-refractivity contribution in [2.75, 3.05) is 24.8 Å². The van der Waals surface area contributed by atoms with Crippen LogP contribution in [0.2, 0.25) is 0 Å². The molecule has 0 spiro atoms. The van der Waals surface area contributed by atoms with Gasteiger partial charge in [0.25, 0.3) is 0 Å². The number of nitrogens with one attached hydrogen (secondary N) is 2. The summed E-state index contributed by atoms with van der Waals surface area (Å²) in [5.74, 6) is 1.54. The molecule has 5 heteroatoms. The van der Waals surface area contributed by atoms with Gasteiger partial charge in [0.15, 0.2) is 0 Å². The molecule has 0 amide bonds. The van der Waals surface area contributed by atoms with Crippen LogP contribution in [0.15, 0.2) is 24.3 Å². The molecule has 1 aliphatic carbocycles. The molecule has 2 N–H and O–H groups in total. The molecule has 0 bridgehead atoms. The second-order valence-corrected chi connectivity index (χ2v) is 4.83. The van der Waals surface area contributed by atoms with E-state index in [0.29, 0.717) is 18.1 Å². The summed E-state index contributed by atoms with van der Waals surface area (Å²) in [5.41, 5.74) is 0.951. The molecule has 0 atom stereocenters. The first-order valence-corrected chi connectivity index (χ1v) is 6.54. The minimum absolute atomic E-state index is 0.384. The Hall–Kier alpha value is -1.88. The van der Waals surface area contributed by atoms with Gasteiger partial charge in [-0.1, -0.05) is 12.1 Å². The van der Waals surface area contributed by atoms with E-state index in [0.717, 1.165) is 29.6 Å². The Morgan fingerprint density at radius 2 is 2.00 bits per heavy atom. The van der Waals surface area contributed by atoms with E-state index in [9.17, 15) is 0 Å². The predicted octanol–water partition coefficient (Wildman–Crippen LogP) is 2.26. The highest BCUT2D eigenvalue weighted by molar-refractivity contribution is 5.90. The SMILES string of the molecule is CNc1nc(NC2CC(OC)C2)c2ccccc2n1. The zero-order valence-electron chi connectivity index (χ0n) is 11.2. The van der Waals surface area contributed by atoms with Crippen molar-refractivity contribution in [3.05, 3.63) is 24.3 Å². The van der Waals surface area contributed by atoms with Crippen LogP contribution >= 0.6 is 0 Å². The van der Waals surface area contributed by atoms with Crippen molar-refractivity contribution in [1.82, 2.24) is 9.97 Å². The van der Waals surface area contributed by atoms with Gasteiger partial charge in [0, 0.05) is 25.6 Å². The van der Waals surface area contributed by atoms with Crippen LogP contribution in [-0.2, 0) is 4.74 Å². The normalized spacial score (nSPS) is 22.0. The number of hydrogen-bond acceptors (Lipinski definition) is 5. The van der Waals surface area contributed by atoms with Gasteiger partial charge in [0.2, 0.25) is 5.95 Å². The number of anilines is 2. The Morgan fingerprint density at radius 3 is 2.74 bits per heavy atom. The standard InChI is InChI=1S/C14H18N4O/c1-15-14-17-12-6-4-3-5-11(12)13(18-14)16-9-7-10(8-9)19-2/h3-6,9-10H,7-8H2,1-2H3,(H2,15,16,17,18). The highest BCUT2D eigenvalue weighted by Gasteiger charge is 2.29. The Bertz CT molecular complexity index is 581. The monoisotopic (exact) mass is 258 g/mol. The molecule has 1 aromatic heterocycles. The number of fused-ring (bicyclic) bond motifs is 1. The number of aromatic nitrogens is 2. The lowest BCUT2D eigenvalue weighted by Gasteiger charge is -2.35. The van der Waals surface area contributed by atoms with Crippen LogP contribution in [0.4, 0.5) is 11.8 Å². The average Bonchev–Trinajstić information content (AvgIpc) is 2.41. The van der Waals surface area contributed by atoms with E-state index in [2.05, 4.69) is 20.6 Å². The largest absolute Gasteiger partial charge is 0.381 e. The molecule has 1 aromatic carbocycles. The summed E-state index contributed by atoms with van der Waals surface area (Å²) in [7, 11) is 3.60.